The monoisotopic (exact) mass is 870 g/mol. The molecule has 4 aromatic carbocycles. The van der Waals surface area contributed by atoms with Crippen molar-refractivity contribution >= 4 is 93.0 Å². The van der Waals surface area contributed by atoms with Crippen molar-refractivity contribution in [1.29, 1.82) is 0 Å². The molecule has 13 nitrogen and oxygen atoms in total. The molecule has 12 rings (SSSR count). The van der Waals surface area contributed by atoms with Gasteiger partial charge in [-0.1, -0.05) is 60.7 Å². The molecular formula is C53H42N8O5. The molecule has 0 saturated heterocycles. The number of carbonyl (C=O) groups excluding carboxylic acids is 1. The highest BCUT2D eigenvalue weighted by Gasteiger charge is 2.33. The van der Waals surface area contributed by atoms with Crippen molar-refractivity contribution in [3.8, 4) is 23.0 Å². The summed E-state index contributed by atoms with van der Waals surface area (Å²) in [6.45, 7) is 0. The summed E-state index contributed by atoms with van der Waals surface area (Å²) in [7, 11) is 6.58. The van der Waals surface area contributed by atoms with E-state index in [4.69, 9.17) is 38.9 Å². The minimum absolute atomic E-state index is 0.0431. The number of fused-ring (bicyclic) bond motifs is 12. The van der Waals surface area contributed by atoms with Gasteiger partial charge in [0.2, 0.25) is 0 Å². The molecular weight excluding hydrogens is 829 g/mol. The fourth-order valence-corrected chi connectivity index (χ4v) is 10.3. The molecule has 8 aromatic heterocycles. The summed E-state index contributed by atoms with van der Waals surface area (Å²) in [5, 5.41) is 7.62. The lowest BCUT2D eigenvalue weighted by molar-refractivity contribution is -0.119. The zero-order valence-electron chi connectivity index (χ0n) is 36.4. The molecule has 66 heavy (non-hydrogen) atoms. The van der Waals surface area contributed by atoms with E-state index in [1.807, 2.05) is 85.2 Å². The first-order chi connectivity index (χ1) is 32.5. The molecule has 324 valence electrons. The van der Waals surface area contributed by atoms with Crippen LogP contribution in [0.3, 0.4) is 0 Å². The van der Waals surface area contributed by atoms with Crippen molar-refractivity contribution < 1.29 is 23.7 Å². The second-order valence-electron chi connectivity index (χ2n) is 16.6. The maximum Gasteiger partial charge on any atom is 0.147 e. The van der Waals surface area contributed by atoms with Crippen LogP contribution in [-0.2, 0) is 4.79 Å². The Morgan fingerprint density at radius 1 is 0.424 bits per heavy atom. The van der Waals surface area contributed by atoms with Gasteiger partial charge in [0.15, 0.2) is 0 Å². The number of nitrogens with zero attached hydrogens (tertiary/aromatic N) is 4. The van der Waals surface area contributed by atoms with E-state index in [1.54, 1.807) is 40.8 Å². The van der Waals surface area contributed by atoms with Crippen molar-refractivity contribution in [2.75, 3.05) is 28.4 Å². The maximum absolute atomic E-state index is 15.6. The lowest BCUT2D eigenvalue weighted by Crippen LogP contribution is -2.17. The number of H-pyrrole nitrogens is 4. The Morgan fingerprint density at radius 2 is 0.833 bits per heavy atom. The van der Waals surface area contributed by atoms with Crippen LogP contribution in [0.25, 0.3) is 87.2 Å². The number of aromatic nitrogens is 8. The number of rotatable bonds is 12. The van der Waals surface area contributed by atoms with Gasteiger partial charge < -0.3 is 38.9 Å². The predicted octanol–water partition coefficient (Wildman–Crippen LogP) is 11.2. The van der Waals surface area contributed by atoms with E-state index in [2.05, 4.69) is 44.2 Å². The summed E-state index contributed by atoms with van der Waals surface area (Å²) in [4.78, 5) is 50.6. The van der Waals surface area contributed by atoms with Gasteiger partial charge >= 0.3 is 0 Å². The second-order valence-corrected chi connectivity index (χ2v) is 16.6. The van der Waals surface area contributed by atoms with Crippen LogP contribution in [0, 0.1) is 0 Å². The first-order valence-electron chi connectivity index (χ1n) is 21.7. The molecule has 0 spiro atoms. The van der Waals surface area contributed by atoms with E-state index >= 15 is 4.79 Å². The Morgan fingerprint density at radius 3 is 1.27 bits per heavy atom. The maximum atomic E-state index is 15.6. The summed E-state index contributed by atoms with van der Waals surface area (Å²) >= 11 is 0. The molecule has 0 aliphatic rings. The first kappa shape index (κ1) is 39.2. The number of methoxy groups -OCH3 is 4. The zero-order valence-corrected chi connectivity index (χ0v) is 36.4. The molecule has 2 atom stereocenters. The SMILES string of the molecule is COc1cccc2c1[nH]c1c(C(CC(=O)CC(c3nccc4c3[nH]c3ccccc34)c3ncc(OC)c4c3[nH]c3c(OC)cccc34)c3nccc4c3[nH]c3ccccc34)ncc(OC)c12. The number of benzene rings is 4. The minimum Gasteiger partial charge on any atom is -0.495 e. The van der Waals surface area contributed by atoms with Gasteiger partial charge in [-0.3, -0.25) is 24.7 Å². The Kier molecular flexibility index (Phi) is 9.12. The average molecular weight is 871 g/mol. The number of Topliss-reactive ketones (excluding diaryl/α,β-unsaturated/α-hetero) is 1. The molecule has 0 fully saturated rings. The summed E-state index contributed by atoms with van der Waals surface area (Å²) in [5.74, 6) is 1.24. The second kappa shape index (κ2) is 15.4. The normalized spacial score (nSPS) is 12.9. The van der Waals surface area contributed by atoms with Crippen molar-refractivity contribution in [3.05, 3.63) is 145 Å². The van der Waals surface area contributed by atoms with Gasteiger partial charge in [-0.15, -0.1) is 0 Å². The molecule has 0 bridgehead atoms. The van der Waals surface area contributed by atoms with Crippen molar-refractivity contribution in [2.45, 2.75) is 24.7 Å². The van der Waals surface area contributed by atoms with E-state index in [-0.39, 0.29) is 18.6 Å². The molecule has 0 aliphatic heterocycles. The first-order valence-corrected chi connectivity index (χ1v) is 21.7. The number of ether oxygens (including phenoxy) is 4. The van der Waals surface area contributed by atoms with Gasteiger partial charge in [0.25, 0.3) is 0 Å². The predicted molar refractivity (Wildman–Crippen MR) is 259 cm³/mol. The minimum atomic E-state index is -0.625. The largest absolute Gasteiger partial charge is 0.495 e. The fraction of sp³-hybridized carbons (Fsp3) is 0.151. The Bertz CT molecular complexity index is 3650. The Balaban J connectivity index is 1.08. The standard InChI is InChI=1S/C53H42N8O5/c1-63-38-17-9-13-32-42-40(65-3)25-56-48(52(42)60-44(32)38)34(46-50-30(19-21-54-46)28-11-5-7-15-36(28)58-50)23-27(62)24-35(47-51-31(20-22-55-47)29-12-6-8-16-37(29)59-51)49-53-43(41(66-4)26-57-49)33-14-10-18-39(64-2)45(33)61-53/h5-22,25-26,34-35,58-61H,23-24H2,1-4H3. The lowest BCUT2D eigenvalue weighted by atomic mass is 9.86. The van der Waals surface area contributed by atoms with Crippen molar-refractivity contribution in [3.63, 3.8) is 0 Å². The van der Waals surface area contributed by atoms with E-state index < -0.39 is 11.8 Å². The van der Waals surface area contributed by atoms with Gasteiger partial charge in [0.1, 0.15) is 28.8 Å². The molecule has 0 radical (unpaired) electrons. The van der Waals surface area contributed by atoms with Crippen LogP contribution in [0.4, 0.5) is 0 Å². The highest BCUT2D eigenvalue weighted by molar-refractivity contribution is 6.15. The molecule has 0 amide bonds. The lowest BCUT2D eigenvalue weighted by Gasteiger charge is -2.21. The van der Waals surface area contributed by atoms with Crippen molar-refractivity contribution in [2.24, 2.45) is 0 Å². The number of aromatic amines is 4. The number of para-hydroxylation sites is 4. The van der Waals surface area contributed by atoms with Gasteiger partial charge in [0.05, 0.1) is 119 Å². The molecule has 8 heterocycles. The number of hydrogen-bond donors (Lipinski definition) is 4. The fourth-order valence-electron chi connectivity index (χ4n) is 10.3. The van der Waals surface area contributed by atoms with Crippen LogP contribution in [0.15, 0.2) is 122 Å². The number of nitrogens with one attached hydrogen (secondary N) is 4. The quantitative estimate of drug-likeness (QED) is 0.0933. The van der Waals surface area contributed by atoms with Crippen LogP contribution in [0.2, 0.25) is 0 Å². The van der Waals surface area contributed by atoms with E-state index in [0.717, 1.165) is 87.2 Å². The Hall–Kier alpha value is -8.45. The van der Waals surface area contributed by atoms with Gasteiger partial charge in [-0.2, -0.15) is 0 Å². The van der Waals surface area contributed by atoms with E-state index in [9.17, 15) is 0 Å². The third-order valence-electron chi connectivity index (χ3n) is 13.2. The van der Waals surface area contributed by atoms with Crippen molar-refractivity contribution in [1.82, 2.24) is 39.9 Å². The molecule has 12 aromatic rings. The molecule has 0 aliphatic carbocycles. The van der Waals surface area contributed by atoms with Gasteiger partial charge in [0, 0.05) is 68.6 Å². The molecule has 2 unspecified atom stereocenters. The summed E-state index contributed by atoms with van der Waals surface area (Å²) in [6.07, 6.45) is 7.19. The summed E-state index contributed by atoms with van der Waals surface area (Å²) in [6, 6.07) is 32.2. The van der Waals surface area contributed by atoms with Crippen LogP contribution in [0.5, 0.6) is 23.0 Å². The third kappa shape index (κ3) is 5.89. The number of ketones is 1. The van der Waals surface area contributed by atoms with Gasteiger partial charge in [-0.25, -0.2) is 0 Å². The molecule has 0 saturated carbocycles. The van der Waals surface area contributed by atoms with Crippen LogP contribution in [-0.4, -0.2) is 74.1 Å². The number of pyridine rings is 4. The smallest absolute Gasteiger partial charge is 0.147 e. The third-order valence-corrected chi connectivity index (χ3v) is 13.2. The summed E-state index contributed by atoms with van der Waals surface area (Å²) < 4.78 is 23.6. The summed E-state index contributed by atoms with van der Waals surface area (Å²) in [5.41, 5.74) is 9.36. The number of carbonyl (C=O) groups is 1. The highest BCUT2D eigenvalue weighted by atomic mass is 16.5. The topological polar surface area (TPSA) is 169 Å². The molecule has 4 N–H and O–H groups in total. The average Bonchev–Trinajstić information content (AvgIpc) is 4.15. The van der Waals surface area contributed by atoms with Gasteiger partial charge in [-0.05, 0) is 36.4 Å². The van der Waals surface area contributed by atoms with E-state index in [0.29, 0.717) is 45.8 Å². The zero-order chi connectivity index (χ0) is 44.6. The Labute approximate surface area is 376 Å². The van der Waals surface area contributed by atoms with Crippen LogP contribution in [0.1, 0.15) is 47.5 Å². The van der Waals surface area contributed by atoms with Crippen LogP contribution >= 0.6 is 0 Å². The van der Waals surface area contributed by atoms with E-state index in [1.165, 1.54) is 0 Å². The number of hydrogen-bond acceptors (Lipinski definition) is 9. The highest BCUT2D eigenvalue weighted by Crippen LogP contribution is 2.46. The molecule has 13 heteroatoms. The van der Waals surface area contributed by atoms with Crippen LogP contribution < -0.4 is 18.9 Å².